The monoisotopic (exact) mass is 279 g/mol. The second-order valence-electron chi connectivity index (χ2n) is 5.88. The number of carbonyl (C=O) groups excluding carboxylic acids is 1. The summed E-state index contributed by atoms with van der Waals surface area (Å²) in [5, 5.41) is 8.26. The Labute approximate surface area is 120 Å². The number of rotatable bonds is 5. The van der Waals surface area contributed by atoms with Crippen molar-refractivity contribution in [1.29, 1.82) is 0 Å². The first-order valence-electron chi connectivity index (χ1n) is 7.74. The number of aromatic nitrogens is 3. The van der Waals surface area contributed by atoms with E-state index in [1.165, 1.54) is 32.1 Å². The van der Waals surface area contributed by atoms with Gasteiger partial charge < -0.3 is 4.74 Å². The summed E-state index contributed by atoms with van der Waals surface area (Å²) in [4.78, 5) is 11.9. The van der Waals surface area contributed by atoms with Crippen molar-refractivity contribution >= 4 is 5.97 Å². The maximum atomic E-state index is 11.9. The summed E-state index contributed by atoms with van der Waals surface area (Å²) in [5.74, 6) is 0.525. The molecule has 20 heavy (non-hydrogen) atoms. The topological polar surface area (TPSA) is 57.0 Å². The lowest BCUT2D eigenvalue weighted by atomic mass is 9.89. The molecule has 1 aromatic rings. The molecule has 0 bridgehead atoms. The van der Waals surface area contributed by atoms with Gasteiger partial charge >= 0.3 is 5.97 Å². The van der Waals surface area contributed by atoms with E-state index >= 15 is 0 Å². The summed E-state index contributed by atoms with van der Waals surface area (Å²) in [5.41, 5.74) is 1.30. The van der Waals surface area contributed by atoms with Gasteiger partial charge in [0.25, 0.3) is 0 Å². The summed E-state index contributed by atoms with van der Waals surface area (Å²) in [6, 6.07) is 0. The molecule has 1 saturated carbocycles. The summed E-state index contributed by atoms with van der Waals surface area (Å²) in [6.07, 6.45) is 6.47. The molecule has 1 heterocycles. The molecule has 2 rings (SSSR count). The van der Waals surface area contributed by atoms with E-state index in [-0.39, 0.29) is 11.9 Å². The zero-order valence-electron chi connectivity index (χ0n) is 12.8. The van der Waals surface area contributed by atoms with E-state index in [0.717, 1.165) is 12.2 Å². The van der Waals surface area contributed by atoms with Crippen LogP contribution in [-0.4, -0.2) is 27.6 Å². The first-order valence-corrected chi connectivity index (χ1v) is 7.74. The first-order chi connectivity index (χ1) is 9.63. The Bertz CT molecular complexity index is 448. The van der Waals surface area contributed by atoms with E-state index < -0.39 is 0 Å². The molecule has 0 saturated heterocycles. The van der Waals surface area contributed by atoms with Gasteiger partial charge in [0.1, 0.15) is 0 Å². The maximum Gasteiger partial charge on any atom is 0.360 e. The van der Waals surface area contributed by atoms with Crippen LogP contribution in [0.25, 0.3) is 0 Å². The molecule has 0 spiro atoms. The first kappa shape index (κ1) is 15.0. The van der Waals surface area contributed by atoms with Gasteiger partial charge in [-0.25, -0.2) is 9.48 Å². The van der Waals surface area contributed by atoms with Gasteiger partial charge in [0, 0.05) is 6.54 Å². The lowest BCUT2D eigenvalue weighted by Gasteiger charge is -2.22. The largest absolute Gasteiger partial charge is 0.461 e. The Morgan fingerprint density at radius 2 is 2.05 bits per heavy atom. The van der Waals surface area contributed by atoms with Crippen molar-refractivity contribution in [3.8, 4) is 0 Å². The van der Waals surface area contributed by atoms with Crippen LogP contribution in [0, 0.1) is 5.92 Å². The Morgan fingerprint density at radius 1 is 1.35 bits per heavy atom. The lowest BCUT2D eigenvalue weighted by molar-refractivity contribution is 0.0517. The average molecular weight is 279 g/mol. The molecular weight excluding hydrogens is 254 g/mol. The van der Waals surface area contributed by atoms with E-state index in [0.29, 0.717) is 18.2 Å². The molecule has 1 aliphatic carbocycles. The van der Waals surface area contributed by atoms with E-state index in [2.05, 4.69) is 24.2 Å². The molecule has 1 aromatic heterocycles. The highest BCUT2D eigenvalue weighted by Gasteiger charge is 2.25. The quantitative estimate of drug-likeness (QED) is 0.777. The Kier molecular flexibility index (Phi) is 5.15. The minimum atomic E-state index is -0.355. The molecule has 1 fully saturated rings. The molecular formula is C15H25N3O2. The average Bonchev–Trinajstić information content (AvgIpc) is 2.84. The predicted octanol–water partition coefficient (Wildman–Crippen LogP) is 3.16. The van der Waals surface area contributed by atoms with Gasteiger partial charge in [-0.15, -0.1) is 5.10 Å². The van der Waals surface area contributed by atoms with E-state index in [9.17, 15) is 4.79 Å². The number of hydrogen-bond donors (Lipinski definition) is 0. The van der Waals surface area contributed by atoms with Gasteiger partial charge in [-0.1, -0.05) is 38.3 Å². The Hall–Kier alpha value is -1.39. The van der Waals surface area contributed by atoms with Crippen LogP contribution in [0.3, 0.4) is 0 Å². The third kappa shape index (κ3) is 3.38. The van der Waals surface area contributed by atoms with Gasteiger partial charge in [-0.3, -0.25) is 0 Å². The van der Waals surface area contributed by atoms with Crippen molar-refractivity contribution in [2.75, 3.05) is 6.61 Å². The van der Waals surface area contributed by atoms with Crippen molar-refractivity contribution in [1.82, 2.24) is 15.0 Å². The molecule has 0 radical (unpaired) electrons. The van der Waals surface area contributed by atoms with Crippen LogP contribution in [0.2, 0.25) is 0 Å². The highest BCUT2D eigenvalue weighted by atomic mass is 16.5. The van der Waals surface area contributed by atoms with Crippen LogP contribution in [0.4, 0.5) is 0 Å². The molecule has 0 amide bonds. The van der Waals surface area contributed by atoms with Crippen LogP contribution in [-0.2, 0) is 11.3 Å². The summed E-state index contributed by atoms with van der Waals surface area (Å²) in [6.45, 7) is 7.18. The summed E-state index contributed by atoms with van der Waals surface area (Å²) < 4.78 is 6.99. The Morgan fingerprint density at radius 3 is 2.65 bits per heavy atom. The molecule has 0 aromatic carbocycles. The standard InChI is InChI=1S/C15H25N3O2/c1-4-20-15(19)13-14(11(2)3)18(17-16-13)10-12-8-6-5-7-9-12/h11-12H,4-10H2,1-3H3. The lowest BCUT2D eigenvalue weighted by Crippen LogP contribution is -2.18. The number of esters is 1. The number of nitrogens with zero attached hydrogens (tertiary/aromatic N) is 3. The van der Waals surface area contributed by atoms with E-state index in [4.69, 9.17) is 4.74 Å². The smallest absolute Gasteiger partial charge is 0.360 e. The Balaban J connectivity index is 2.17. The number of hydrogen-bond acceptors (Lipinski definition) is 4. The van der Waals surface area contributed by atoms with Crippen molar-refractivity contribution in [3.05, 3.63) is 11.4 Å². The predicted molar refractivity (Wildman–Crippen MR) is 76.6 cm³/mol. The third-order valence-corrected chi connectivity index (χ3v) is 3.94. The molecule has 5 heteroatoms. The second-order valence-corrected chi connectivity index (χ2v) is 5.88. The maximum absolute atomic E-state index is 11.9. The zero-order chi connectivity index (χ0) is 14.5. The van der Waals surface area contributed by atoms with Gasteiger partial charge in [0.15, 0.2) is 5.69 Å². The van der Waals surface area contributed by atoms with Crippen LogP contribution >= 0.6 is 0 Å². The second kappa shape index (κ2) is 6.86. The van der Waals surface area contributed by atoms with Crippen LogP contribution in [0.1, 0.15) is 75.0 Å². The van der Waals surface area contributed by atoms with Crippen LogP contribution < -0.4 is 0 Å². The van der Waals surface area contributed by atoms with E-state index in [1.54, 1.807) is 6.92 Å². The highest BCUT2D eigenvalue weighted by Crippen LogP contribution is 2.27. The molecule has 0 unspecified atom stereocenters. The fourth-order valence-corrected chi connectivity index (χ4v) is 2.99. The van der Waals surface area contributed by atoms with Crippen molar-refractivity contribution < 1.29 is 9.53 Å². The highest BCUT2D eigenvalue weighted by molar-refractivity contribution is 5.88. The van der Waals surface area contributed by atoms with Crippen molar-refractivity contribution in [2.24, 2.45) is 5.92 Å². The molecule has 1 aliphatic rings. The minimum absolute atomic E-state index is 0.216. The van der Waals surface area contributed by atoms with Gasteiger partial charge in [-0.2, -0.15) is 0 Å². The molecule has 0 aliphatic heterocycles. The van der Waals surface area contributed by atoms with Crippen LogP contribution in [0.5, 0.6) is 0 Å². The minimum Gasteiger partial charge on any atom is -0.461 e. The van der Waals surface area contributed by atoms with Crippen molar-refractivity contribution in [3.63, 3.8) is 0 Å². The molecule has 112 valence electrons. The normalized spacial score (nSPS) is 16.6. The van der Waals surface area contributed by atoms with Crippen molar-refractivity contribution in [2.45, 2.75) is 65.3 Å². The molecule has 5 nitrogen and oxygen atoms in total. The fraction of sp³-hybridized carbons (Fsp3) is 0.800. The summed E-state index contributed by atoms with van der Waals surface area (Å²) >= 11 is 0. The number of ether oxygens (including phenoxy) is 1. The van der Waals surface area contributed by atoms with Crippen LogP contribution in [0.15, 0.2) is 0 Å². The fourth-order valence-electron chi connectivity index (χ4n) is 2.99. The zero-order valence-corrected chi connectivity index (χ0v) is 12.8. The number of carbonyl (C=O) groups is 1. The van der Waals surface area contributed by atoms with Gasteiger partial charge in [0.05, 0.1) is 12.3 Å². The van der Waals surface area contributed by atoms with Gasteiger partial charge in [-0.05, 0) is 31.6 Å². The van der Waals surface area contributed by atoms with Gasteiger partial charge in [0.2, 0.25) is 0 Å². The molecule has 0 atom stereocenters. The van der Waals surface area contributed by atoms with E-state index in [1.807, 2.05) is 4.68 Å². The third-order valence-electron chi connectivity index (χ3n) is 3.94. The summed E-state index contributed by atoms with van der Waals surface area (Å²) in [7, 11) is 0. The molecule has 0 N–H and O–H groups in total. The SMILES string of the molecule is CCOC(=O)c1nnn(CC2CCCCC2)c1C(C)C.